The van der Waals surface area contributed by atoms with Gasteiger partial charge in [-0.2, -0.15) is 0 Å². The number of nitrogens with zero attached hydrogens (tertiary/aromatic N) is 2. The molecule has 0 radical (unpaired) electrons. The average molecular weight is 1070 g/mol. The molecule has 2 aromatic heterocycles. The van der Waals surface area contributed by atoms with E-state index >= 15 is 0 Å². The standard InChI is InChI=1S/C78H50B2N2O2/c1-3-23-51(24-4-1)73-74(52-25-5-2-6-26-52)76(54-45-49-56(50-46-54)82-67-37-17-9-29-59(67)60-30-10-18-38-68(60)82)78(80-63-33-13-21-41-71(63)84-72-42-22-14-34-64(72)80)77(79-61-31-11-19-39-69(61)83-70-40-20-12-32-62(70)79)75(73)53-43-47-55(48-44-53)81-65-35-15-7-27-57(65)58-28-8-16-36-66(58)81/h1-50H. The van der Waals surface area contributed by atoms with Crippen molar-refractivity contribution in [2.45, 2.75) is 0 Å². The van der Waals surface area contributed by atoms with Gasteiger partial charge >= 0.3 is 0 Å². The predicted octanol–water partition coefficient (Wildman–Crippen LogP) is 15.8. The smallest absolute Gasteiger partial charge is 0.251 e. The monoisotopic (exact) mass is 1070 g/mol. The van der Waals surface area contributed by atoms with Crippen LogP contribution in [0.15, 0.2) is 303 Å². The summed E-state index contributed by atoms with van der Waals surface area (Å²) in [4.78, 5) is 0. The van der Waals surface area contributed by atoms with Crippen LogP contribution >= 0.6 is 0 Å². The number of rotatable bonds is 8. The summed E-state index contributed by atoms with van der Waals surface area (Å²) in [5.74, 6) is 3.38. The van der Waals surface area contributed by atoms with Crippen LogP contribution in [0.25, 0.3) is 99.5 Å². The second-order valence-electron chi connectivity index (χ2n) is 22.1. The van der Waals surface area contributed by atoms with Gasteiger partial charge in [0.05, 0.1) is 22.1 Å². The minimum atomic E-state index is -0.307. The Hall–Kier alpha value is -10.8. The lowest BCUT2D eigenvalue weighted by Gasteiger charge is -2.37. The van der Waals surface area contributed by atoms with E-state index in [0.717, 1.165) is 101 Å². The van der Waals surface area contributed by atoms with E-state index in [1.807, 2.05) is 0 Å². The summed E-state index contributed by atoms with van der Waals surface area (Å²) in [5, 5.41) is 4.93. The van der Waals surface area contributed by atoms with E-state index in [1.54, 1.807) is 0 Å². The molecule has 0 spiro atoms. The third kappa shape index (κ3) is 7.44. The molecule has 0 amide bonds. The Bertz CT molecular complexity index is 4570. The van der Waals surface area contributed by atoms with Crippen LogP contribution in [-0.4, -0.2) is 22.6 Å². The highest BCUT2D eigenvalue weighted by Gasteiger charge is 2.44. The highest BCUT2D eigenvalue weighted by atomic mass is 16.5. The first kappa shape index (κ1) is 47.9. The molecule has 4 nitrogen and oxygen atoms in total. The lowest BCUT2D eigenvalue weighted by atomic mass is 9.26. The van der Waals surface area contributed by atoms with E-state index in [9.17, 15) is 0 Å². The molecule has 6 heteroatoms. The van der Waals surface area contributed by atoms with Crippen molar-refractivity contribution in [3.63, 3.8) is 0 Å². The van der Waals surface area contributed by atoms with Crippen LogP contribution in [0.4, 0.5) is 0 Å². The molecule has 0 saturated heterocycles. The average Bonchev–Trinajstić information content (AvgIpc) is 2.35. The van der Waals surface area contributed by atoms with E-state index in [2.05, 4.69) is 312 Å². The Kier molecular flexibility index (Phi) is 11.1. The Labute approximate surface area is 487 Å². The van der Waals surface area contributed by atoms with E-state index in [-0.39, 0.29) is 13.4 Å². The van der Waals surface area contributed by atoms with E-state index in [4.69, 9.17) is 9.47 Å². The van der Waals surface area contributed by atoms with Gasteiger partial charge in [-0.05, 0) is 139 Å². The van der Waals surface area contributed by atoms with Crippen LogP contribution < -0.4 is 42.3 Å². The van der Waals surface area contributed by atoms with Crippen LogP contribution in [0.1, 0.15) is 0 Å². The van der Waals surface area contributed by atoms with Crippen LogP contribution in [0, 0.1) is 0 Å². The molecule has 2 aliphatic rings. The van der Waals surface area contributed by atoms with Crippen molar-refractivity contribution in [3.8, 4) is 78.9 Å². The minimum absolute atomic E-state index is 0.307. The zero-order chi connectivity index (χ0) is 55.2. The van der Waals surface area contributed by atoms with E-state index in [1.165, 1.54) is 54.5 Å². The summed E-state index contributed by atoms with van der Waals surface area (Å²) in [6.45, 7) is -0.614. The van der Waals surface area contributed by atoms with Crippen molar-refractivity contribution >= 4 is 89.8 Å². The van der Waals surface area contributed by atoms with Gasteiger partial charge in [0.1, 0.15) is 23.0 Å². The zero-order valence-corrected chi connectivity index (χ0v) is 45.7. The molecule has 0 bridgehead atoms. The first-order valence-electron chi connectivity index (χ1n) is 29.0. The van der Waals surface area contributed by atoms with Crippen molar-refractivity contribution in [1.82, 2.24) is 9.13 Å². The second-order valence-corrected chi connectivity index (χ2v) is 22.1. The van der Waals surface area contributed by atoms with Gasteiger partial charge in [0, 0.05) is 32.9 Å². The van der Waals surface area contributed by atoms with Gasteiger partial charge < -0.3 is 18.6 Å². The van der Waals surface area contributed by atoms with Gasteiger partial charge in [-0.1, -0.05) is 241 Å². The number of para-hydroxylation sites is 8. The van der Waals surface area contributed by atoms with Crippen LogP contribution in [-0.2, 0) is 0 Å². The Morgan fingerprint density at radius 1 is 0.214 bits per heavy atom. The number of aromatic nitrogens is 2. The number of ether oxygens (including phenoxy) is 2. The van der Waals surface area contributed by atoms with Gasteiger partial charge in [0.2, 0.25) is 0 Å². The predicted molar refractivity (Wildman–Crippen MR) is 352 cm³/mol. The molecule has 84 heavy (non-hydrogen) atoms. The molecule has 0 saturated carbocycles. The molecule has 0 aliphatic carbocycles. The normalized spacial score (nSPS) is 12.4. The molecule has 0 fully saturated rings. The molecule has 0 N–H and O–H groups in total. The third-order valence-electron chi connectivity index (χ3n) is 17.6. The molecule has 13 aromatic carbocycles. The maximum atomic E-state index is 7.01. The SMILES string of the molecule is c1ccc(-c2c(-c3ccc(-n4c5ccccc5c5ccccc54)cc3)c(B3c4ccccc4Oc4ccccc43)c(B3c4ccccc4Oc4ccccc43)c(-c3ccc(-n4c5ccccc5c5ccccc54)cc3)c2-c2ccccc2)cc1. The maximum absolute atomic E-state index is 7.01. The van der Waals surface area contributed by atoms with Gasteiger partial charge in [0.15, 0.2) is 0 Å². The summed E-state index contributed by atoms with van der Waals surface area (Å²) in [7, 11) is 0. The number of benzene rings is 13. The van der Waals surface area contributed by atoms with E-state index in [0.29, 0.717) is 0 Å². The van der Waals surface area contributed by atoms with Gasteiger partial charge in [-0.3, -0.25) is 0 Å². The highest BCUT2D eigenvalue weighted by molar-refractivity contribution is 7.06. The zero-order valence-electron chi connectivity index (χ0n) is 45.7. The molecule has 15 aromatic rings. The molecule has 4 heterocycles. The first-order valence-corrected chi connectivity index (χ1v) is 29.0. The van der Waals surface area contributed by atoms with Crippen molar-refractivity contribution < 1.29 is 9.47 Å². The molecule has 2 aliphatic heterocycles. The first-order chi connectivity index (χ1) is 41.7. The van der Waals surface area contributed by atoms with E-state index < -0.39 is 0 Å². The third-order valence-corrected chi connectivity index (χ3v) is 17.6. The quantitative estimate of drug-likeness (QED) is 0.142. The molecule has 0 atom stereocenters. The summed E-state index contributed by atoms with van der Waals surface area (Å²) >= 11 is 0. The number of fused-ring (bicyclic) bond motifs is 10. The van der Waals surface area contributed by atoms with Crippen LogP contribution in [0.3, 0.4) is 0 Å². The molecular weight excluding hydrogens is 1020 g/mol. The molecular formula is C78H50B2N2O2. The van der Waals surface area contributed by atoms with Crippen molar-refractivity contribution in [2.24, 2.45) is 0 Å². The fraction of sp³-hybridized carbons (Fsp3) is 0. The van der Waals surface area contributed by atoms with Crippen molar-refractivity contribution in [3.05, 3.63) is 303 Å². The summed E-state index contributed by atoms with van der Waals surface area (Å²) in [6, 6.07) is 111. The summed E-state index contributed by atoms with van der Waals surface area (Å²) < 4.78 is 18.9. The molecule has 0 unspecified atom stereocenters. The number of hydrogen-bond acceptors (Lipinski definition) is 2. The summed E-state index contributed by atoms with van der Waals surface area (Å²) in [6.07, 6.45) is 0. The van der Waals surface area contributed by atoms with Crippen molar-refractivity contribution in [1.29, 1.82) is 0 Å². The Balaban J connectivity index is 1.06. The lowest BCUT2D eigenvalue weighted by molar-refractivity contribution is 0.487. The van der Waals surface area contributed by atoms with Gasteiger partial charge in [0.25, 0.3) is 13.4 Å². The van der Waals surface area contributed by atoms with Gasteiger partial charge in [-0.15, -0.1) is 0 Å². The lowest BCUT2D eigenvalue weighted by Crippen LogP contribution is -2.67. The fourth-order valence-corrected chi connectivity index (χ4v) is 14.2. The Morgan fingerprint density at radius 3 is 0.774 bits per heavy atom. The molecule has 390 valence electrons. The maximum Gasteiger partial charge on any atom is 0.251 e. The summed E-state index contributed by atoms with van der Waals surface area (Å²) in [5.41, 5.74) is 22.8. The largest absolute Gasteiger partial charge is 0.458 e. The molecule has 17 rings (SSSR count). The van der Waals surface area contributed by atoms with Crippen molar-refractivity contribution in [2.75, 3.05) is 0 Å². The topological polar surface area (TPSA) is 28.3 Å². The fourth-order valence-electron chi connectivity index (χ4n) is 14.2. The second kappa shape index (κ2) is 19.4. The highest BCUT2D eigenvalue weighted by Crippen LogP contribution is 2.47. The van der Waals surface area contributed by atoms with Crippen LogP contribution in [0.5, 0.6) is 23.0 Å². The van der Waals surface area contributed by atoms with Crippen LogP contribution in [0.2, 0.25) is 0 Å². The Morgan fingerprint density at radius 2 is 0.464 bits per heavy atom. The minimum Gasteiger partial charge on any atom is -0.458 e. The number of hydrogen-bond donors (Lipinski definition) is 0. The van der Waals surface area contributed by atoms with Gasteiger partial charge in [-0.25, -0.2) is 0 Å².